The first-order valence-electron chi connectivity index (χ1n) is 5.93. The van der Waals surface area contributed by atoms with E-state index in [1.165, 1.54) is 19.2 Å². The summed E-state index contributed by atoms with van der Waals surface area (Å²) in [5.41, 5.74) is 0.254. The number of nitriles is 1. The van der Waals surface area contributed by atoms with Crippen LogP contribution in [0.4, 0.5) is 11.5 Å². The van der Waals surface area contributed by atoms with Crippen molar-refractivity contribution in [2.45, 2.75) is 6.54 Å². The highest BCUT2D eigenvalue weighted by atomic mass is 16.6. The smallest absolute Gasteiger partial charge is 0.305 e. The molecule has 0 saturated carbocycles. The molecule has 0 aromatic carbocycles. The third kappa shape index (κ3) is 3.22. The van der Waals surface area contributed by atoms with Gasteiger partial charge in [0.1, 0.15) is 11.9 Å². The molecule has 2 aromatic heterocycles. The Morgan fingerprint density at radius 2 is 2.29 bits per heavy atom. The number of hydrogen-bond donors (Lipinski definition) is 1. The van der Waals surface area contributed by atoms with Crippen molar-refractivity contribution in [3.63, 3.8) is 0 Å². The third-order valence-corrected chi connectivity index (χ3v) is 2.68. The van der Waals surface area contributed by atoms with E-state index in [0.717, 1.165) is 5.56 Å². The fourth-order valence-corrected chi connectivity index (χ4v) is 1.71. The van der Waals surface area contributed by atoms with Crippen LogP contribution in [-0.2, 0) is 6.54 Å². The number of hydrogen-bond acceptors (Lipinski definition) is 7. The molecule has 0 saturated heterocycles. The molecule has 0 amide bonds. The zero-order valence-electron chi connectivity index (χ0n) is 11.1. The quantitative estimate of drug-likeness (QED) is 0.658. The molecule has 0 atom stereocenters. The third-order valence-electron chi connectivity index (χ3n) is 2.68. The molecule has 8 nitrogen and oxygen atoms in total. The second kappa shape index (κ2) is 6.29. The summed E-state index contributed by atoms with van der Waals surface area (Å²) in [5.74, 6) is 0.843. The van der Waals surface area contributed by atoms with Gasteiger partial charge in [0, 0.05) is 24.4 Å². The normalized spacial score (nSPS) is 9.71. The highest BCUT2D eigenvalue weighted by Crippen LogP contribution is 2.20. The molecule has 21 heavy (non-hydrogen) atoms. The van der Waals surface area contributed by atoms with Crippen molar-refractivity contribution in [1.29, 1.82) is 5.26 Å². The van der Waals surface area contributed by atoms with Crippen LogP contribution in [0, 0.1) is 21.4 Å². The Balaban J connectivity index is 2.18. The van der Waals surface area contributed by atoms with Gasteiger partial charge in [0.15, 0.2) is 0 Å². The van der Waals surface area contributed by atoms with Crippen LogP contribution in [0.25, 0.3) is 0 Å². The maximum atomic E-state index is 10.7. The van der Waals surface area contributed by atoms with E-state index < -0.39 is 4.92 Å². The summed E-state index contributed by atoms with van der Waals surface area (Å²) in [7, 11) is 1.52. The predicted octanol–water partition coefficient (Wildman–Crippen LogP) is 1.88. The first-order chi connectivity index (χ1) is 10.2. The van der Waals surface area contributed by atoms with Crippen LogP contribution in [0.3, 0.4) is 0 Å². The van der Waals surface area contributed by atoms with Crippen LogP contribution in [-0.4, -0.2) is 22.0 Å². The summed E-state index contributed by atoms with van der Waals surface area (Å²) in [4.78, 5) is 18.0. The number of ether oxygens (including phenoxy) is 1. The van der Waals surface area contributed by atoms with Crippen molar-refractivity contribution in [3.05, 3.63) is 51.8 Å². The number of methoxy groups -OCH3 is 1. The monoisotopic (exact) mass is 285 g/mol. The summed E-state index contributed by atoms with van der Waals surface area (Å²) < 4.78 is 5.12. The van der Waals surface area contributed by atoms with E-state index in [4.69, 9.17) is 10.00 Å². The molecule has 2 heterocycles. The van der Waals surface area contributed by atoms with Gasteiger partial charge in [-0.05, 0) is 12.1 Å². The highest BCUT2D eigenvalue weighted by Gasteiger charge is 2.15. The predicted molar refractivity (Wildman–Crippen MR) is 73.7 cm³/mol. The van der Waals surface area contributed by atoms with Crippen LogP contribution in [0.2, 0.25) is 0 Å². The first-order valence-corrected chi connectivity index (χ1v) is 5.93. The van der Waals surface area contributed by atoms with E-state index >= 15 is 0 Å². The zero-order chi connectivity index (χ0) is 15.2. The van der Waals surface area contributed by atoms with Crippen LogP contribution in [0.5, 0.6) is 5.88 Å². The fourth-order valence-electron chi connectivity index (χ4n) is 1.71. The van der Waals surface area contributed by atoms with Gasteiger partial charge in [-0.1, -0.05) is 6.07 Å². The molecule has 0 unspecified atom stereocenters. The van der Waals surface area contributed by atoms with Gasteiger partial charge in [0.2, 0.25) is 11.6 Å². The summed E-state index contributed by atoms with van der Waals surface area (Å²) in [6.07, 6.45) is 1.61. The summed E-state index contributed by atoms with van der Waals surface area (Å²) >= 11 is 0. The van der Waals surface area contributed by atoms with Crippen molar-refractivity contribution < 1.29 is 9.66 Å². The second-order valence-electron chi connectivity index (χ2n) is 3.96. The maximum Gasteiger partial charge on any atom is 0.305 e. The van der Waals surface area contributed by atoms with Crippen LogP contribution < -0.4 is 10.1 Å². The molecule has 2 rings (SSSR count). The molecule has 0 bridgehead atoms. The van der Waals surface area contributed by atoms with Gasteiger partial charge < -0.3 is 10.1 Å². The summed E-state index contributed by atoms with van der Waals surface area (Å²) in [6, 6.07) is 8.00. The Labute approximate surface area is 120 Å². The minimum absolute atomic E-state index is 0.233. The van der Waals surface area contributed by atoms with Gasteiger partial charge >= 0.3 is 5.69 Å². The number of anilines is 1. The summed E-state index contributed by atoms with van der Waals surface area (Å²) in [6.45, 7) is 0.368. The molecule has 0 radical (unpaired) electrons. The Kier molecular flexibility index (Phi) is 4.26. The second-order valence-corrected chi connectivity index (χ2v) is 3.96. The molecule has 0 spiro atoms. The first kappa shape index (κ1) is 14.2. The Bertz CT molecular complexity index is 711. The Morgan fingerprint density at radius 3 is 2.95 bits per heavy atom. The Hall–Kier alpha value is -3.21. The van der Waals surface area contributed by atoms with E-state index in [1.54, 1.807) is 18.3 Å². The lowest BCUT2D eigenvalue weighted by Crippen LogP contribution is -2.05. The van der Waals surface area contributed by atoms with E-state index in [1.807, 2.05) is 6.07 Å². The maximum absolute atomic E-state index is 10.7. The molecule has 106 valence electrons. The van der Waals surface area contributed by atoms with E-state index in [9.17, 15) is 10.1 Å². The van der Waals surface area contributed by atoms with Crippen molar-refractivity contribution in [2.24, 2.45) is 0 Å². The molecular weight excluding hydrogens is 274 g/mol. The Morgan fingerprint density at radius 1 is 1.48 bits per heavy atom. The van der Waals surface area contributed by atoms with Crippen LogP contribution in [0.15, 0.2) is 30.5 Å². The average molecular weight is 285 g/mol. The molecule has 0 aliphatic carbocycles. The number of rotatable bonds is 5. The van der Waals surface area contributed by atoms with Crippen LogP contribution in [0.1, 0.15) is 11.3 Å². The van der Waals surface area contributed by atoms with Crippen molar-refractivity contribution in [3.8, 4) is 11.9 Å². The van der Waals surface area contributed by atoms with Crippen LogP contribution >= 0.6 is 0 Å². The lowest BCUT2D eigenvalue weighted by atomic mass is 10.2. The van der Waals surface area contributed by atoms with Crippen molar-refractivity contribution in [1.82, 2.24) is 9.97 Å². The average Bonchev–Trinajstić information content (AvgIpc) is 2.52. The van der Waals surface area contributed by atoms with E-state index in [-0.39, 0.29) is 11.4 Å². The highest BCUT2D eigenvalue weighted by molar-refractivity contribution is 5.50. The minimum Gasteiger partial charge on any atom is -0.481 e. The van der Waals surface area contributed by atoms with Gasteiger partial charge in [-0.25, -0.2) is 9.97 Å². The van der Waals surface area contributed by atoms with Gasteiger partial charge in [-0.2, -0.15) is 5.26 Å². The molecule has 0 aliphatic rings. The summed E-state index contributed by atoms with van der Waals surface area (Å²) in [5, 5.41) is 22.6. The lowest BCUT2D eigenvalue weighted by molar-refractivity contribution is -0.385. The topological polar surface area (TPSA) is 114 Å². The number of aromatic nitrogens is 2. The zero-order valence-corrected chi connectivity index (χ0v) is 11.1. The van der Waals surface area contributed by atoms with Gasteiger partial charge in [0.25, 0.3) is 0 Å². The number of nitrogens with one attached hydrogen (secondary N) is 1. The van der Waals surface area contributed by atoms with Crippen molar-refractivity contribution >= 4 is 11.5 Å². The number of nitrogens with zero attached hydrogens (tertiary/aromatic N) is 4. The minimum atomic E-state index is -0.639. The van der Waals surface area contributed by atoms with Gasteiger partial charge in [-0.3, -0.25) is 10.1 Å². The number of nitro groups is 1. The standard InChI is InChI=1S/C13H11N5O3/c1-21-13-9(3-2-6-15-13)8-16-12-5-4-11(18(19)20)10(7-14)17-12/h2-6H,8H2,1H3,(H,16,17). The number of pyridine rings is 2. The molecule has 0 fully saturated rings. The molecular formula is C13H11N5O3. The molecule has 0 aliphatic heterocycles. The van der Waals surface area contributed by atoms with Gasteiger partial charge in [0.05, 0.1) is 12.0 Å². The SMILES string of the molecule is COc1ncccc1CNc1ccc([N+](=O)[O-])c(C#N)n1. The lowest BCUT2D eigenvalue weighted by Gasteiger charge is -2.08. The van der Waals surface area contributed by atoms with E-state index in [0.29, 0.717) is 18.2 Å². The molecule has 2 aromatic rings. The largest absolute Gasteiger partial charge is 0.481 e. The van der Waals surface area contributed by atoms with Crippen molar-refractivity contribution in [2.75, 3.05) is 12.4 Å². The molecule has 1 N–H and O–H groups in total. The van der Waals surface area contributed by atoms with Gasteiger partial charge in [-0.15, -0.1) is 0 Å². The fraction of sp³-hybridized carbons (Fsp3) is 0.154. The molecule has 8 heteroatoms. The van der Waals surface area contributed by atoms with E-state index in [2.05, 4.69) is 15.3 Å².